The molecule has 0 aromatic heterocycles. The van der Waals surface area contributed by atoms with Crippen LogP contribution in [0.1, 0.15) is 37.8 Å². The standard InChI is InChI=1S/C18H23NO/c1-13(19-17-9-10-18(12-17)20-2)15-8-7-14-5-3-4-6-16(14)11-15/h3-8,11,13,17-19H,9-10,12H2,1-2H3. The number of nitrogens with one attached hydrogen (secondary N) is 1. The molecule has 20 heavy (non-hydrogen) atoms. The Bertz CT molecular complexity index is 580. The molecule has 1 aliphatic rings. The fourth-order valence-electron chi connectivity index (χ4n) is 3.23. The zero-order chi connectivity index (χ0) is 13.9. The molecule has 1 aliphatic carbocycles. The highest BCUT2D eigenvalue weighted by molar-refractivity contribution is 5.83. The minimum absolute atomic E-state index is 0.389. The van der Waals surface area contributed by atoms with E-state index in [-0.39, 0.29) is 0 Å². The van der Waals surface area contributed by atoms with Crippen LogP contribution in [0.3, 0.4) is 0 Å². The summed E-state index contributed by atoms with van der Waals surface area (Å²) in [5.41, 5.74) is 1.37. The number of fused-ring (bicyclic) bond motifs is 1. The van der Waals surface area contributed by atoms with Gasteiger partial charge in [0.1, 0.15) is 0 Å². The van der Waals surface area contributed by atoms with Crippen LogP contribution in [0.2, 0.25) is 0 Å². The molecule has 0 spiro atoms. The number of hydrogen-bond acceptors (Lipinski definition) is 2. The Labute approximate surface area is 121 Å². The maximum absolute atomic E-state index is 5.45. The third-order valence-corrected chi connectivity index (χ3v) is 4.48. The minimum Gasteiger partial charge on any atom is -0.381 e. The Hall–Kier alpha value is -1.38. The zero-order valence-electron chi connectivity index (χ0n) is 12.3. The number of benzene rings is 2. The maximum atomic E-state index is 5.45. The smallest absolute Gasteiger partial charge is 0.0586 e. The number of hydrogen-bond donors (Lipinski definition) is 1. The second-order valence-corrected chi connectivity index (χ2v) is 5.86. The number of methoxy groups -OCH3 is 1. The second kappa shape index (κ2) is 5.94. The van der Waals surface area contributed by atoms with Crippen molar-refractivity contribution in [1.82, 2.24) is 5.32 Å². The molecule has 106 valence electrons. The molecular weight excluding hydrogens is 246 g/mol. The fraction of sp³-hybridized carbons (Fsp3) is 0.444. The molecule has 3 unspecified atom stereocenters. The Balaban J connectivity index is 1.70. The van der Waals surface area contributed by atoms with Crippen molar-refractivity contribution in [3.63, 3.8) is 0 Å². The molecule has 2 heteroatoms. The summed E-state index contributed by atoms with van der Waals surface area (Å²) < 4.78 is 5.45. The molecule has 1 saturated carbocycles. The summed E-state index contributed by atoms with van der Waals surface area (Å²) in [6.07, 6.45) is 3.97. The highest BCUT2D eigenvalue weighted by Crippen LogP contribution is 2.25. The highest BCUT2D eigenvalue weighted by Gasteiger charge is 2.25. The van der Waals surface area contributed by atoms with E-state index < -0.39 is 0 Å². The van der Waals surface area contributed by atoms with Crippen LogP contribution < -0.4 is 5.32 Å². The van der Waals surface area contributed by atoms with E-state index in [0.29, 0.717) is 18.2 Å². The number of ether oxygens (including phenoxy) is 1. The monoisotopic (exact) mass is 269 g/mol. The van der Waals surface area contributed by atoms with Crippen molar-refractivity contribution in [2.24, 2.45) is 0 Å². The van der Waals surface area contributed by atoms with E-state index in [1.807, 2.05) is 7.11 Å². The van der Waals surface area contributed by atoms with Gasteiger partial charge in [-0.05, 0) is 48.6 Å². The van der Waals surface area contributed by atoms with Crippen LogP contribution in [-0.2, 0) is 4.74 Å². The molecule has 1 fully saturated rings. The molecule has 2 nitrogen and oxygen atoms in total. The van der Waals surface area contributed by atoms with Crippen LogP contribution in [0.15, 0.2) is 42.5 Å². The van der Waals surface area contributed by atoms with Crippen LogP contribution in [0.5, 0.6) is 0 Å². The van der Waals surface area contributed by atoms with Crippen LogP contribution >= 0.6 is 0 Å². The topological polar surface area (TPSA) is 21.3 Å². The Morgan fingerprint density at radius 3 is 2.65 bits per heavy atom. The van der Waals surface area contributed by atoms with Crippen molar-refractivity contribution in [3.05, 3.63) is 48.0 Å². The van der Waals surface area contributed by atoms with E-state index in [9.17, 15) is 0 Å². The van der Waals surface area contributed by atoms with E-state index in [1.165, 1.54) is 29.2 Å². The SMILES string of the molecule is COC1CCC(NC(C)c2ccc3ccccc3c2)C1. The second-order valence-electron chi connectivity index (χ2n) is 5.86. The van der Waals surface area contributed by atoms with Crippen LogP contribution in [0.25, 0.3) is 10.8 Å². The van der Waals surface area contributed by atoms with Crippen molar-refractivity contribution in [2.45, 2.75) is 44.4 Å². The van der Waals surface area contributed by atoms with Crippen LogP contribution in [0.4, 0.5) is 0 Å². The van der Waals surface area contributed by atoms with Gasteiger partial charge in [-0.1, -0.05) is 36.4 Å². The molecule has 0 radical (unpaired) electrons. The molecule has 0 saturated heterocycles. The summed E-state index contributed by atoms with van der Waals surface area (Å²) in [5, 5.41) is 6.37. The quantitative estimate of drug-likeness (QED) is 0.904. The van der Waals surface area contributed by atoms with Crippen molar-refractivity contribution in [1.29, 1.82) is 0 Å². The summed E-state index contributed by atoms with van der Waals surface area (Å²) >= 11 is 0. The van der Waals surface area contributed by atoms with Gasteiger partial charge < -0.3 is 10.1 Å². The van der Waals surface area contributed by atoms with Gasteiger partial charge in [0.15, 0.2) is 0 Å². The van der Waals surface area contributed by atoms with Gasteiger partial charge in [0, 0.05) is 19.2 Å². The first-order chi connectivity index (χ1) is 9.76. The van der Waals surface area contributed by atoms with E-state index >= 15 is 0 Å². The molecule has 0 aliphatic heterocycles. The number of rotatable bonds is 4. The Kier molecular flexibility index (Phi) is 4.04. The summed E-state index contributed by atoms with van der Waals surface area (Å²) in [6.45, 7) is 2.25. The van der Waals surface area contributed by atoms with Gasteiger partial charge in [0.25, 0.3) is 0 Å². The first-order valence-electron chi connectivity index (χ1n) is 7.54. The van der Waals surface area contributed by atoms with Gasteiger partial charge in [0.2, 0.25) is 0 Å². The normalized spacial score (nSPS) is 24.1. The lowest BCUT2D eigenvalue weighted by Gasteiger charge is -2.20. The predicted octanol–water partition coefficient (Wildman–Crippen LogP) is 4.06. The average Bonchev–Trinajstić information content (AvgIpc) is 2.94. The van der Waals surface area contributed by atoms with E-state index in [2.05, 4.69) is 54.7 Å². The molecular formula is C18H23NO. The lowest BCUT2D eigenvalue weighted by atomic mass is 10.0. The fourth-order valence-corrected chi connectivity index (χ4v) is 3.23. The lowest BCUT2D eigenvalue weighted by Crippen LogP contribution is -2.29. The van der Waals surface area contributed by atoms with Gasteiger partial charge in [-0.2, -0.15) is 0 Å². The van der Waals surface area contributed by atoms with Crippen molar-refractivity contribution >= 4 is 10.8 Å². The molecule has 0 heterocycles. The summed E-state index contributed by atoms with van der Waals surface area (Å²) in [5.74, 6) is 0. The Morgan fingerprint density at radius 1 is 1.10 bits per heavy atom. The molecule has 0 bridgehead atoms. The molecule has 1 N–H and O–H groups in total. The summed E-state index contributed by atoms with van der Waals surface area (Å²) in [7, 11) is 1.82. The van der Waals surface area contributed by atoms with E-state index in [1.54, 1.807) is 0 Å². The molecule has 3 atom stereocenters. The summed E-state index contributed by atoms with van der Waals surface area (Å²) in [4.78, 5) is 0. The van der Waals surface area contributed by atoms with E-state index in [0.717, 1.165) is 6.42 Å². The maximum Gasteiger partial charge on any atom is 0.0586 e. The van der Waals surface area contributed by atoms with Gasteiger partial charge in [-0.3, -0.25) is 0 Å². The average molecular weight is 269 g/mol. The molecule has 3 rings (SSSR count). The van der Waals surface area contributed by atoms with Crippen molar-refractivity contribution in [2.75, 3.05) is 7.11 Å². The van der Waals surface area contributed by atoms with Gasteiger partial charge >= 0.3 is 0 Å². The minimum atomic E-state index is 0.389. The van der Waals surface area contributed by atoms with Gasteiger partial charge in [-0.25, -0.2) is 0 Å². The first-order valence-corrected chi connectivity index (χ1v) is 7.54. The molecule has 0 amide bonds. The van der Waals surface area contributed by atoms with E-state index in [4.69, 9.17) is 4.74 Å². The molecule has 2 aromatic rings. The largest absolute Gasteiger partial charge is 0.381 e. The summed E-state index contributed by atoms with van der Waals surface area (Å²) in [6, 6.07) is 16.3. The van der Waals surface area contributed by atoms with Crippen molar-refractivity contribution < 1.29 is 4.74 Å². The Morgan fingerprint density at radius 2 is 1.90 bits per heavy atom. The lowest BCUT2D eigenvalue weighted by molar-refractivity contribution is 0.106. The first kappa shape index (κ1) is 13.6. The third-order valence-electron chi connectivity index (χ3n) is 4.48. The van der Waals surface area contributed by atoms with Crippen LogP contribution in [0, 0.1) is 0 Å². The predicted molar refractivity (Wildman–Crippen MR) is 83.9 cm³/mol. The van der Waals surface area contributed by atoms with Gasteiger partial charge in [0.05, 0.1) is 6.10 Å². The highest BCUT2D eigenvalue weighted by atomic mass is 16.5. The third kappa shape index (κ3) is 2.87. The van der Waals surface area contributed by atoms with Crippen LogP contribution in [-0.4, -0.2) is 19.3 Å². The zero-order valence-corrected chi connectivity index (χ0v) is 12.3. The van der Waals surface area contributed by atoms with Crippen molar-refractivity contribution in [3.8, 4) is 0 Å². The van der Waals surface area contributed by atoms with Gasteiger partial charge in [-0.15, -0.1) is 0 Å². The molecule has 2 aromatic carbocycles.